The predicted molar refractivity (Wildman–Crippen MR) is 82.0 cm³/mol. The number of nitrogens with two attached hydrogens (primary N) is 1. The maximum atomic E-state index is 6.17. The van der Waals surface area contributed by atoms with E-state index in [9.17, 15) is 0 Å². The molecule has 0 unspecified atom stereocenters. The van der Waals surface area contributed by atoms with Gasteiger partial charge in [0, 0.05) is 23.0 Å². The van der Waals surface area contributed by atoms with E-state index in [1.165, 1.54) is 11.3 Å². The van der Waals surface area contributed by atoms with Crippen LogP contribution in [0, 0.1) is 0 Å². The van der Waals surface area contributed by atoms with Crippen molar-refractivity contribution in [2.45, 2.75) is 32.7 Å². The van der Waals surface area contributed by atoms with Crippen LogP contribution in [0.15, 0.2) is 12.3 Å². The van der Waals surface area contributed by atoms with E-state index in [-0.39, 0.29) is 5.41 Å². The van der Waals surface area contributed by atoms with Crippen LogP contribution in [0.4, 0.5) is 0 Å². The molecule has 0 radical (unpaired) electrons. The Morgan fingerprint density at radius 3 is 2.47 bits per heavy atom. The molecule has 0 aliphatic rings. The third-order valence-corrected chi connectivity index (χ3v) is 4.18. The first-order chi connectivity index (χ1) is 8.82. The molecule has 2 N–H and O–H groups in total. The number of aromatic nitrogens is 2. The minimum Gasteiger partial charge on any atom is -0.326 e. The second-order valence-corrected chi connectivity index (χ2v) is 7.16. The first-order valence-electron chi connectivity index (χ1n) is 5.84. The molecule has 0 saturated heterocycles. The fraction of sp³-hybridized carbons (Fsp3) is 0.385. The molecule has 0 spiro atoms. The van der Waals surface area contributed by atoms with Crippen LogP contribution in [-0.2, 0) is 12.0 Å². The summed E-state index contributed by atoms with van der Waals surface area (Å²) in [6, 6.07) is 1.67. The minimum atomic E-state index is -0.0532. The standard InChI is InChI=1S/C13H15Cl2N3S/c1-13(2,3)11-9(5-16)19-12(18-11)10-8(15)4-7(14)6-17-10/h4,6H,5,16H2,1-3H3. The molecule has 0 atom stereocenters. The molecule has 102 valence electrons. The molecule has 19 heavy (non-hydrogen) atoms. The Kier molecular flexibility index (Phi) is 4.16. The second-order valence-electron chi connectivity index (χ2n) is 5.23. The van der Waals surface area contributed by atoms with Crippen LogP contribution < -0.4 is 5.73 Å². The summed E-state index contributed by atoms with van der Waals surface area (Å²) in [4.78, 5) is 9.99. The molecule has 0 aromatic carbocycles. The summed E-state index contributed by atoms with van der Waals surface area (Å²) in [5, 5.41) is 1.80. The molecule has 0 amide bonds. The molecule has 2 aromatic rings. The van der Waals surface area contributed by atoms with Gasteiger partial charge in [0.15, 0.2) is 0 Å². The van der Waals surface area contributed by atoms with Crippen molar-refractivity contribution in [2.24, 2.45) is 5.73 Å². The molecule has 3 nitrogen and oxygen atoms in total. The van der Waals surface area contributed by atoms with Crippen molar-refractivity contribution in [1.82, 2.24) is 9.97 Å². The Morgan fingerprint density at radius 2 is 2.00 bits per heavy atom. The number of pyridine rings is 1. The largest absolute Gasteiger partial charge is 0.326 e. The summed E-state index contributed by atoms with van der Waals surface area (Å²) >= 11 is 13.6. The van der Waals surface area contributed by atoms with Crippen molar-refractivity contribution in [3.8, 4) is 10.7 Å². The lowest BCUT2D eigenvalue weighted by Crippen LogP contribution is -2.15. The zero-order valence-corrected chi connectivity index (χ0v) is 13.3. The van der Waals surface area contributed by atoms with Crippen LogP contribution in [0.5, 0.6) is 0 Å². The summed E-state index contributed by atoms with van der Waals surface area (Å²) in [6.45, 7) is 6.81. The maximum absolute atomic E-state index is 6.17. The molecule has 2 rings (SSSR count). The molecule has 0 aliphatic carbocycles. The van der Waals surface area contributed by atoms with Crippen LogP contribution in [0.1, 0.15) is 31.3 Å². The summed E-state index contributed by atoms with van der Waals surface area (Å²) in [6.07, 6.45) is 1.57. The van der Waals surface area contributed by atoms with Gasteiger partial charge in [-0.25, -0.2) is 4.98 Å². The van der Waals surface area contributed by atoms with E-state index < -0.39 is 0 Å². The van der Waals surface area contributed by atoms with Gasteiger partial charge in [0.05, 0.1) is 15.7 Å². The number of hydrogen-bond acceptors (Lipinski definition) is 4. The fourth-order valence-electron chi connectivity index (χ4n) is 1.75. The number of hydrogen-bond donors (Lipinski definition) is 1. The zero-order chi connectivity index (χ0) is 14.2. The number of nitrogens with zero attached hydrogens (tertiary/aromatic N) is 2. The lowest BCUT2D eigenvalue weighted by Gasteiger charge is -2.16. The van der Waals surface area contributed by atoms with Crippen molar-refractivity contribution in [3.05, 3.63) is 32.9 Å². The van der Waals surface area contributed by atoms with Crippen molar-refractivity contribution in [3.63, 3.8) is 0 Å². The quantitative estimate of drug-likeness (QED) is 0.900. The van der Waals surface area contributed by atoms with Gasteiger partial charge in [-0.1, -0.05) is 44.0 Å². The highest BCUT2D eigenvalue weighted by atomic mass is 35.5. The highest BCUT2D eigenvalue weighted by Gasteiger charge is 2.24. The van der Waals surface area contributed by atoms with E-state index in [1.807, 2.05) is 0 Å². The van der Waals surface area contributed by atoms with Crippen molar-refractivity contribution in [2.75, 3.05) is 0 Å². The Hall–Kier alpha value is -0.680. The van der Waals surface area contributed by atoms with Gasteiger partial charge in [-0.3, -0.25) is 4.98 Å². The van der Waals surface area contributed by atoms with E-state index in [0.717, 1.165) is 15.6 Å². The molecule has 6 heteroatoms. The highest BCUT2D eigenvalue weighted by molar-refractivity contribution is 7.15. The van der Waals surface area contributed by atoms with E-state index in [1.54, 1.807) is 12.3 Å². The SMILES string of the molecule is CC(C)(C)c1nc(-c2ncc(Cl)cc2Cl)sc1CN. The molecule has 2 aromatic heterocycles. The van der Waals surface area contributed by atoms with Crippen molar-refractivity contribution in [1.29, 1.82) is 0 Å². The smallest absolute Gasteiger partial charge is 0.143 e. The van der Waals surface area contributed by atoms with E-state index in [2.05, 4.69) is 30.7 Å². The molecule has 0 aliphatic heterocycles. The monoisotopic (exact) mass is 315 g/mol. The number of thiazole rings is 1. The van der Waals surface area contributed by atoms with E-state index >= 15 is 0 Å². The Bertz CT molecular complexity index is 602. The molecular formula is C13H15Cl2N3S. The van der Waals surface area contributed by atoms with Crippen LogP contribution in [0.3, 0.4) is 0 Å². The van der Waals surface area contributed by atoms with Gasteiger partial charge in [-0.2, -0.15) is 0 Å². The topological polar surface area (TPSA) is 51.8 Å². The second kappa shape index (κ2) is 5.37. The molecule has 0 fully saturated rings. The number of rotatable bonds is 2. The average Bonchev–Trinajstić information content (AvgIpc) is 2.72. The van der Waals surface area contributed by atoms with Crippen molar-refractivity contribution >= 4 is 34.5 Å². The summed E-state index contributed by atoms with van der Waals surface area (Å²) in [5.74, 6) is 0. The van der Waals surface area contributed by atoms with Crippen LogP contribution in [-0.4, -0.2) is 9.97 Å². The molecule has 0 saturated carbocycles. The van der Waals surface area contributed by atoms with Gasteiger partial charge >= 0.3 is 0 Å². The normalized spacial score (nSPS) is 11.9. The summed E-state index contributed by atoms with van der Waals surface area (Å²) in [5.41, 5.74) is 7.40. The van der Waals surface area contributed by atoms with Gasteiger partial charge in [0.1, 0.15) is 10.7 Å². The predicted octanol–water partition coefficient (Wildman–Crippen LogP) is 4.27. The van der Waals surface area contributed by atoms with Crippen LogP contribution in [0.25, 0.3) is 10.7 Å². The summed E-state index contributed by atoms with van der Waals surface area (Å²) in [7, 11) is 0. The Morgan fingerprint density at radius 1 is 1.32 bits per heavy atom. The first kappa shape index (κ1) is 14.7. The maximum Gasteiger partial charge on any atom is 0.143 e. The Balaban J connectivity index is 2.55. The molecule has 2 heterocycles. The first-order valence-corrected chi connectivity index (χ1v) is 7.42. The molecule has 0 bridgehead atoms. The van der Waals surface area contributed by atoms with E-state index in [0.29, 0.717) is 22.3 Å². The van der Waals surface area contributed by atoms with Gasteiger partial charge < -0.3 is 5.73 Å². The number of halogens is 2. The lowest BCUT2D eigenvalue weighted by atomic mass is 9.91. The van der Waals surface area contributed by atoms with Crippen molar-refractivity contribution < 1.29 is 0 Å². The highest BCUT2D eigenvalue weighted by Crippen LogP contribution is 2.36. The van der Waals surface area contributed by atoms with Gasteiger partial charge in [0.25, 0.3) is 0 Å². The minimum absolute atomic E-state index is 0.0532. The van der Waals surface area contributed by atoms with Gasteiger partial charge in [0.2, 0.25) is 0 Å². The lowest BCUT2D eigenvalue weighted by molar-refractivity contribution is 0.567. The van der Waals surface area contributed by atoms with E-state index in [4.69, 9.17) is 28.9 Å². The fourth-order valence-corrected chi connectivity index (χ4v) is 3.44. The zero-order valence-electron chi connectivity index (χ0n) is 11.0. The Labute approximate surface area is 126 Å². The van der Waals surface area contributed by atoms with Crippen LogP contribution >= 0.6 is 34.5 Å². The summed E-state index contributed by atoms with van der Waals surface area (Å²) < 4.78 is 0. The average molecular weight is 316 g/mol. The third kappa shape index (κ3) is 3.08. The molecular weight excluding hydrogens is 301 g/mol. The van der Waals surface area contributed by atoms with Gasteiger partial charge in [-0.15, -0.1) is 11.3 Å². The van der Waals surface area contributed by atoms with Gasteiger partial charge in [-0.05, 0) is 6.07 Å². The van der Waals surface area contributed by atoms with Crippen LogP contribution in [0.2, 0.25) is 10.0 Å². The third-order valence-electron chi connectivity index (χ3n) is 2.60.